The van der Waals surface area contributed by atoms with E-state index in [1.807, 2.05) is 32.9 Å². The molecule has 0 aromatic rings. The quantitative estimate of drug-likeness (QED) is 0.693. The average Bonchev–Trinajstić information content (AvgIpc) is 3.18. The summed E-state index contributed by atoms with van der Waals surface area (Å²) < 4.78 is 5.53. The molecule has 3 aliphatic rings. The molecule has 0 aromatic heterocycles. The number of carboxylic acid groups (broad SMARTS) is 2. The third-order valence-electron chi connectivity index (χ3n) is 6.57. The molecule has 7 nitrogen and oxygen atoms in total. The fourth-order valence-electron chi connectivity index (χ4n) is 5.38. The lowest BCUT2D eigenvalue weighted by molar-refractivity contribution is -0.165. The molecule has 0 radical (unpaired) electrons. The van der Waals surface area contributed by atoms with E-state index in [9.17, 15) is 24.6 Å². The summed E-state index contributed by atoms with van der Waals surface area (Å²) >= 11 is 0. The molecule has 1 saturated carbocycles. The number of aliphatic carboxylic acids is 2. The van der Waals surface area contributed by atoms with Crippen LogP contribution in [0, 0.1) is 23.2 Å². The second-order valence-corrected chi connectivity index (χ2v) is 9.41. The van der Waals surface area contributed by atoms with Gasteiger partial charge in [0.15, 0.2) is 0 Å². The molecule has 0 spiro atoms. The highest BCUT2D eigenvalue weighted by atomic mass is 16.6. The Balaban J connectivity index is 1.77. The standard InChI is InChI=1S/C21H31NO6/c1-20(2,3)28-19(27)22-11-5-4-6-15(22)9-10-21(18(25)26)14-8-7-13(12-14)16(21)17(23)24/h7-8,13-16H,4-6,9-12H2,1-3H3,(H,23,24)(H,25,26). The summed E-state index contributed by atoms with van der Waals surface area (Å²) in [6.07, 6.45) is 7.34. The molecule has 0 aromatic carbocycles. The van der Waals surface area contributed by atoms with Crippen LogP contribution in [0.15, 0.2) is 12.2 Å². The largest absolute Gasteiger partial charge is 0.481 e. The summed E-state index contributed by atoms with van der Waals surface area (Å²) in [6.45, 7) is 6.06. The molecular weight excluding hydrogens is 362 g/mol. The Bertz CT molecular complexity index is 681. The Hall–Kier alpha value is -2.05. The van der Waals surface area contributed by atoms with Crippen molar-refractivity contribution in [3.05, 3.63) is 12.2 Å². The number of likely N-dealkylation sites (tertiary alicyclic amines) is 1. The second-order valence-electron chi connectivity index (χ2n) is 9.41. The topological polar surface area (TPSA) is 104 Å². The van der Waals surface area contributed by atoms with Crippen molar-refractivity contribution in [1.82, 2.24) is 4.90 Å². The van der Waals surface area contributed by atoms with E-state index < -0.39 is 28.9 Å². The van der Waals surface area contributed by atoms with Crippen LogP contribution in [0.5, 0.6) is 0 Å². The van der Waals surface area contributed by atoms with Gasteiger partial charge in [0.1, 0.15) is 5.60 Å². The molecule has 1 amide bonds. The van der Waals surface area contributed by atoms with E-state index in [-0.39, 0.29) is 30.4 Å². The zero-order valence-corrected chi connectivity index (χ0v) is 16.9. The van der Waals surface area contributed by atoms with Gasteiger partial charge in [0.05, 0.1) is 11.3 Å². The Labute approximate surface area is 165 Å². The van der Waals surface area contributed by atoms with Gasteiger partial charge in [0.25, 0.3) is 0 Å². The van der Waals surface area contributed by atoms with Crippen molar-refractivity contribution >= 4 is 18.0 Å². The maximum Gasteiger partial charge on any atom is 0.410 e. The van der Waals surface area contributed by atoms with E-state index in [2.05, 4.69) is 0 Å². The molecule has 156 valence electrons. The van der Waals surface area contributed by atoms with Gasteiger partial charge in [-0.15, -0.1) is 0 Å². The lowest BCUT2D eigenvalue weighted by Gasteiger charge is -2.40. The molecule has 1 heterocycles. The molecule has 5 unspecified atom stereocenters. The van der Waals surface area contributed by atoms with E-state index in [1.165, 1.54) is 0 Å². The molecule has 2 aliphatic carbocycles. The van der Waals surface area contributed by atoms with Crippen molar-refractivity contribution < 1.29 is 29.3 Å². The first-order chi connectivity index (χ1) is 13.1. The van der Waals surface area contributed by atoms with E-state index in [0.29, 0.717) is 19.4 Å². The number of rotatable bonds is 5. The van der Waals surface area contributed by atoms with Crippen LogP contribution in [0.25, 0.3) is 0 Å². The lowest BCUT2D eigenvalue weighted by Crippen LogP contribution is -2.49. The summed E-state index contributed by atoms with van der Waals surface area (Å²) in [7, 11) is 0. The monoisotopic (exact) mass is 393 g/mol. The summed E-state index contributed by atoms with van der Waals surface area (Å²) in [6, 6.07) is -0.114. The molecule has 2 bridgehead atoms. The van der Waals surface area contributed by atoms with Gasteiger partial charge in [-0.05, 0) is 71.1 Å². The predicted octanol–water partition coefficient (Wildman–Crippen LogP) is 3.53. The van der Waals surface area contributed by atoms with Crippen molar-refractivity contribution in [3.63, 3.8) is 0 Å². The molecule has 28 heavy (non-hydrogen) atoms. The van der Waals surface area contributed by atoms with Gasteiger partial charge < -0.3 is 19.8 Å². The maximum absolute atomic E-state index is 12.6. The summed E-state index contributed by atoms with van der Waals surface area (Å²) in [4.78, 5) is 38.5. The van der Waals surface area contributed by atoms with Crippen molar-refractivity contribution in [1.29, 1.82) is 0 Å². The number of hydrogen-bond donors (Lipinski definition) is 2. The van der Waals surface area contributed by atoms with Crippen LogP contribution in [0.1, 0.15) is 59.3 Å². The van der Waals surface area contributed by atoms with Gasteiger partial charge in [0.2, 0.25) is 0 Å². The Morgan fingerprint density at radius 2 is 1.89 bits per heavy atom. The Kier molecular flexibility index (Phi) is 5.47. The molecule has 1 aliphatic heterocycles. The van der Waals surface area contributed by atoms with Crippen LogP contribution in [0.3, 0.4) is 0 Å². The minimum atomic E-state index is -1.29. The van der Waals surface area contributed by atoms with Crippen molar-refractivity contribution in [2.24, 2.45) is 23.2 Å². The molecular formula is C21H31NO6. The number of carbonyl (C=O) groups excluding carboxylic acids is 1. The summed E-state index contributed by atoms with van der Waals surface area (Å²) in [5, 5.41) is 19.8. The third-order valence-corrected chi connectivity index (χ3v) is 6.57. The molecule has 7 heteroatoms. The van der Waals surface area contributed by atoms with E-state index >= 15 is 0 Å². The number of allylic oxidation sites excluding steroid dienone is 2. The number of ether oxygens (including phenoxy) is 1. The molecule has 2 N–H and O–H groups in total. The summed E-state index contributed by atoms with van der Waals surface area (Å²) in [5.74, 6) is -3.44. The van der Waals surface area contributed by atoms with Crippen molar-refractivity contribution in [2.45, 2.75) is 70.9 Å². The van der Waals surface area contributed by atoms with E-state index in [0.717, 1.165) is 19.3 Å². The normalized spacial score (nSPS) is 34.5. The molecule has 1 saturated heterocycles. The van der Waals surface area contributed by atoms with Gasteiger partial charge in [0, 0.05) is 12.6 Å². The SMILES string of the molecule is CC(C)(C)OC(=O)N1CCCCC1CCC1(C(=O)O)C2C=CC(C2)C1C(=O)O. The van der Waals surface area contributed by atoms with Gasteiger partial charge in [-0.1, -0.05) is 12.2 Å². The van der Waals surface area contributed by atoms with E-state index in [1.54, 1.807) is 4.90 Å². The second kappa shape index (κ2) is 7.41. The minimum absolute atomic E-state index is 0.114. The third kappa shape index (κ3) is 3.63. The van der Waals surface area contributed by atoms with Crippen molar-refractivity contribution in [3.8, 4) is 0 Å². The van der Waals surface area contributed by atoms with Crippen molar-refractivity contribution in [2.75, 3.05) is 6.54 Å². The van der Waals surface area contributed by atoms with Crippen LogP contribution in [-0.4, -0.2) is 51.3 Å². The van der Waals surface area contributed by atoms with Crippen LogP contribution >= 0.6 is 0 Å². The zero-order valence-electron chi connectivity index (χ0n) is 16.9. The van der Waals surface area contributed by atoms with Crippen LogP contribution in [-0.2, 0) is 14.3 Å². The van der Waals surface area contributed by atoms with E-state index in [4.69, 9.17) is 4.74 Å². The first-order valence-electron chi connectivity index (χ1n) is 10.2. The van der Waals surface area contributed by atoms with Crippen LogP contribution in [0.4, 0.5) is 4.79 Å². The minimum Gasteiger partial charge on any atom is -0.481 e. The molecule has 2 fully saturated rings. The highest BCUT2D eigenvalue weighted by molar-refractivity contribution is 5.86. The van der Waals surface area contributed by atoms with Gasteiger partial charge >= 0.3 is 18.0 Å². The number of nitrogens with zero attached hydrogens (tertiary/aromatic N) is 1. The Morgan fingerprint density at radius 3 is 2.50 bits per heavy atom. The Morgan fingerprint density at radius 1 is 1.18 bits per heavy atom. The van der Waals surface area contributed by atoms with Gasteiger partial charge in [-0.3, -0.25) is 9.59 Å². The first-order valence-corrected chi connectivity index (χ1v) is 10.2. The highest BCUT2D eigenvalue weighted by Gasteiger charge is 2.63. The highest BCUT2D eigenvalue weighted by Crippen LogP contribution is 2.59. The van der Waals surface area contributed by atoms with Gasteiger partial charge in [-0.25, -0.2) is 4.79 Å². The molecule has 5 atom stereocenters. The number of amides is 1. The fourth-order valence-corrected chi connectivity index (χ4v) is 5.38. The number of carboxylic acids is 2. The maximum atomic E-state index is 12.6. The number of carbonyl (C=O) groups is 3. The van der Waals surface area contributed by atoms with Crippen LogP contribution in [0.2, 0.25) is 0 Å². The number of hydrogen-bond acceptors (Lipinski definition) is 4. The average molecular weight is 393 g/mol. The first kappa shape index (κ1) is 20.7. The zero-order chi connectivity index (χ0) is 20.7. The summed E-state index contributed by atoms with van der Waals surface area (Å²) in [5.41, 5.74) is -1.88. The number of piperidine rings is 1. The van der Waals surface area contributed by atoms with Crippen LogP contribution < -0.4 is 0 Å². The molecule has 3 rings (SSSR count). The number of fused-ring (bicyclic) bond motifs is 2. The van der Waals surface area contributed by atoms with Gasteiger partial charge in [-0.2, -0.15) is 0 Å². The fraction of sp³-hybridized carbons (Fsp3) is 0.762. The predicted molar refractivity (Wildman–Crippen MR) is 102 cm³/mol. The smallest absolute Gasteiger partial charge is 0.410 e. The lowest BCUT2D eigenvalue weighted by atomic mass is 9.65.